The van der Waals surface area contributed by atoms with Crippen molar-refractivity contribution in [2.24, 2.45) is 0 Å². The molecule has 0 aromatic heterocycles. The van der Waals surface area contributed by atoms with Gasteiger partial charge in [-0.2, -0.15) is 4.31 Å². The summed E-state index contributed by atoms with van der Waals surface area (Å²) < 4.78 is 40.9. The van der Waals surface area contributed by atoms with Crippen LogP contribution in [-0.4, -0.2) is 38.9 Å². The predicted octanol–water partition coefficient (Wildman–Crippen LogP) is 4.30. The van der Waals surface area contributed by atoms with Gasteiger partial charge in [-0.05, 0) is 24.3 Å². The summed E-state index contributed by atoms with van der Waals surface area (Å²) in [6.45, 7) is 1.18. The zero-order chi connectivity index (χ0) is 18.2. The van der Waals surface area contributed by atoms with Crippen LogP contribution in [0, 0.1) is 5.82 Å². The Morgan fingerprint density at radius 2 is 1.48 bits per heavy atom. The van der Waals surface area contributed by atoms with E-state index in [0.717, 1.165) is 0 Å². The average Bonchev–Trinajstić information content (AvgIpc) is 2.58. The summed E-state index contributed by atoms with van der Waals surface area (Å²) in [5, 5.41) is 0.329. The van der Waals surface area contributed by atoms with Crippen LogP contribution in [0.3, 0.4) is 0 Å². The van der Waals surface area contributed by atoms with E-state index in [1.165, 1.54) is 22.5 Å². The molecule has 0 amide bonds. The Morgan fingerprint density at radius 3 is 2.12 bits per heavy atom. The van der Waals surface area contributed by atoms with Gasteiger partial charge in [-0.25, -0.2) is 12.8 Å². The molecule has 1 aliphatic rings. The molecule has 1 heterocycles. The van der Waals surface area contributed by atoms with Gasteiger partial charge in [0.15, 0.2) is 0 Å². The van der Waals surface area contributed by atoms with Crippen LogP contribution in [-0.2, 0) is 10.0 Å². The van der Waals surface area contributed by atoms with Crippen LogP contribution in [0.2, 0.25) is 15.1 Å². The fourth-order valence-corrected chi connectivity index (χ4v) is 5.12. The minimum absolute atomic E-state index is 0.0194. The number of piperazine rings is 1. The standard InChI is InChI=1S/C16H14Cl3FN2O2S/c17-11-9-13(19)16(10-12(11)18)25(23,24)22-7-5-21(6-8-22)15-4-2-1-3-14(15)20/h1-4,9-10H,5-8H2. The molecule has 3 rings (SSSR count). The van der Waals surface area contributed by atoms with Gasteiger partial charge in [0.2, 0.25) is 10.0 Å². The minimum atomic E-state index is -3.81. The highest BCUT2D eigenvalue weighted by molar-refractivity contribution is 7.89. The number of rotatable bonds is 3. The van der Waals surface area contributed by atoms with Crippen molar-refractivity contribution in [1.82, 2.24) is 4.31 Å². The van der Waals surface area contributed by atoms with Crippen molar-refractivity contribution in [1.29, 1.82) is 0 Å². The summed E-state index contributed by atoms with van der Waals surface area (Å²) in [5.41, 5.74) is 0.465. The summed E-state index contributed by atoms with van der Waals surface area (Å²) >= 11 is 17.8. The van der Waals surface area contributed by atoms with E-state index in [9.17, 15) is 12.8 Å². The third kappa shape index (κ3) is 3.73. The van der Waals surface area contributed by atoms with Crippen LogP contribution < -0.4 is 4.90 Å². The summed E-state index contributed by atoms with van der Waals surface area (Å²) in [6, 6.07) is 8.99. The maximum atomic E-state index is 13.9. The van der Waals surface area contributed by atoms with Gasteiger partial charge in [0.25, 0.3) is 0 Å². The molecule has 2 aromatic rings. The van der Waals surface area contributed by atoms with E-state index in [1.807, 2.05) is 4.90 Å². The van der Waals surface area contributed by atoms with Crippen molar-refractivity contribution < 1.29 is 12.8 Å². The molecule has 0 bridgehead atoms. The van der Waals surface area contributed by atoms with Crippen LogP contribution in [0.1, 0.15) is 0 Å². The first kappa shape index (κ1) is 18.7. The molecule has 9 heteroatoms. The Labute approximate surface area is 160 Å². The van der Waals surface area contributed by atoms with Crippen molar-refractivity contribution in [2.45, 2.75) is 4.90 Å². The van der Waals surface area contributed by atoms with Crippen LogP contribution in [0.4, 0.5) is 10.1 Å². The number of sulfonamides is 1. The maximum Gasteiger partial charge on any atom is 0.244 e. The zero-order valence-electron chi connectivity index (χ0n) is 12.9. The predicted molar refractivity (Wildman–Crippen MR) is 98.8 cm³/mol. The molecule has 0 radical (unpaired) electrons. The Hall–Kier alpha value is -1.05. The van der Waals surface area contributed by atoms with Crippen molar-refractivity contribution >= 4 is 50.5 Å². The first-order valence-electron chi connectivity index (χ1n) is 7.45. The van der Waals surface area contributed by atoms with Gasteiger partial charge in [-0.3, -0.25) is 0 Å². The van der Waals surface area contributed by atoms with E-state index in [0.29, 0.717) is 18.8 Å². The summed E-state index contributed by atoms with van der Waals surface area (Å²) in [4.78, 5) is 1.74. The van der Waals surface area contributed by atoms with Gasteiger partial charge in [0.05, 0.1) is 20.8 Å². The third-order valence-electron chi connectivity index (χ3n) is 4.02. The number of benzene rings is 2. The SMILES string of the molecule is O=S(=O)(c1cc(Cl)c(Cl)cc1Cl)N1CCN(c2ccccc2F)CC1. The number of para-hydroxylation sites is 1. The van der Waals surface area contributed by atoms with E-state index in [4.69, 9.17) is 34.8 Å². The molecule has 0 unspecified atom stereocenters. The van der Waals surface area contributed by atoms with E-state index in [1.54, 1.807) is 18.2 Å². The highest BCUT2D eigenvalue weighted by Gasteiger charge is 2.31. The number of hydrogen-bond donors (Lipinski definition) is 0. The van der Waals surface area contributed by atoms with Gasteiger partial charge < -0.3 is 4.90 Å². The molecule has 1 aliphatic heterocycles. The van der Waals surface area contributed by atoms with Crippen LogP contribution in [0.15, 0.2) is 41.3 Å². The first-order chi connectivity index (χ1) is 11.8. The van der Waals surface area contributed by atoms with Crippen LogP contribution in [0.25, 0.3) is 0 Å². The van der Waals surface area contributed by atoms with Crippen molar-refractivity contribution in [2.75, 3.05) is 31.1 Å². The number of halogens is 4. The second-order valence-corrected chi connectivity index (χ2v) is 8.67. The molecule has 0 N–H and O–H groups in total. The summed E-state index contributed by atoms with van der Waals surface area (Å²) in [7, 11) is -3.81. The molecule has 134 valence electrons. The van der Waals surface area contributed by atoms with Crippen molar-refractivity contribution in [3.05, 3.63) is 57.3 Å². The Morgan fingerprint density at radius 1 is 0.880 bits per heavy atom. The molecular weight excluding hydrogens is 410 g/mol. The van der Waals surface area contributed by atoms with Gasteiger partial charge in [0, 0.05) is 26.2 Å². The first-order valence-corrected chi connectivity index (χ1v) is 10.0. The number of hydrogen-bond acceptors (Lipinski definition) is 3. The van der Waals surface area contributed by atoms with Gasteiger partial charge in [-0.15, -0.1) is 0 Å². The lowest BCUT2D eigenvalue weighted by molar-refractivity contribution is 0.383. The number of anilines is 1. The molecule has 0 saturated carbocycles. The molecule has 2 aromatic carbocycles. The Kier molecular flexibility index (Phi) is 5.46. The van der Waals surface area contributed by atoms with Crippen LogP contribution in [0.5, 0.6) is 0 Å². The minimum Gasteiger partial charge on any atom is -0.367 e. The van der Waals surface area contributed by atoms with Gasteiger partial charge >= 0.3 is 0 Å². The van der Waals surface area contributed by atoms with E-state index >= 15 is 0 Å². The highest BCUT2D eigenvalue weighted by atomic mass is 35.5. The quantitative estimate of drug-likeness (QED) is 0.691. The van der Waals surface area contributed by atoms with E-state index in [2.05, 4.69) is 0 Å². The Bertz CT molecular complexity index is 900. The monoisotopic (exact) mass is 422 g/mol. The van der Waals surface area contributed by atoms with Gasteiger partial charge in [0.1, 0.15) is 10.7 Å². The van der Waals surface area contributed by atoms with E-state index < -0.39 is 10.0 Å². The molecular formula is C16H14Cl3FN2O2S. The highest BCUT2D eigenvalue weighted by Crippen LogP contribution is 2.33. The lowest BCUT2D eigenvalue weighted by Gasteiger charge is -2.35. The number of nitrogens with zero attached hydrogens (tertiary/aromatic N) is 2. The second kappa shape index (κ2) is 7.29. The lowest BCUT2D eigenvalue weighted by atomic mass is 10.2. The molecule has 0 atom stereocenters. The molecule has 25 heavy (non-hydrogen) atoms. The maximum absolute atomic E-state index is 13.9. The third-order valence-corrected chi connectivity index (χ3v) is 7.11. The fourth-order valence-electron chi connectivity index (χ4n) is 2.72. The second-order valence-electron chi connectivity index (χ2n) is 5.54. The summed E-state index contributed by atoms with van der Waals surface area (Å²) in [5.74, 6) is -0.327. The molecule has 4 nitrogen and oxygen atoms in total. The topological polar surface area (TPSA) is 40.6 Å². The van der Waals surface area contributed by atoms with Crippen molar-refractivity contribution in [3.63, 3.8) is 0 Å². The fraction of sp³-hybridized carbons (Fsp3) is 0.250. The average molecular weight is 424 g/mol. The lowest BCUT2D eigenvalue weighted by Crippen LogP contribution is -2.49. The summed E-state index contributed by atoms with van der Waals surface area (Å²) in [6.07, 6.45) is 0. The molecule has 1 fully saturated rings. The Balaban J connectivity index is 1.81. The van der Waals surface area contributed by atoms with Crippen molar-refractivity contribution in [3.8, 4) is 0 Å². The zero-order valence-corrected chi connectivity index (χ0v) is 16.0. The van der Waals surface area contributed by atoms with E-state index in [-0.39, 0.29) is 38.9 Å². The molecule has 0 spiro atoms. The normalized spacial score (nSPS) is 16.2. The molecule has 1 saturated heterocycles. The molecule has 0 aliphatic carbocycles. The smallest absolute Gasteiger partial charge is 0.244 e. The largest absolute Gasteiger partial charge is 0.367 e. The van der Waals surface area contributed by atoms with Gasteiger partial charge in [-0.1, -0.05) is 46.9 Å². The van der Waals surface area contributed by atoms with Crippen LogP contribution >= 0.6 is 34.8 Å².